The second-order valence-corrected chi connectivity index (χ2v) is 5.75. The van der Waals surface area contributed by atoms with Crippen molar-refractivity contribution in [3.8, 4) is 0 Å². The summed E-state index contributed by atoms with van der Waals surface area (Å²) in [6.45, 7) is 9.31. The molecule has 0 heterocycles. The summed E-state index contributed by atoms with van der Waals surface area (Å²) in [5.74, 6) is 0.860. The van der Waals surface area contributed by atoms with E-state index in [2.05, 4.69) is 40.3 Å². The molecule has 0 aliphatic heterocycles. The molecule has 1 aliphatic rings. The third-order valence-corrected chi connectivity index (χ3v) is 3.82. The molecule has 0 spiro atoms. The molecule has 0 nitrogen and oxygen atoms in total. The topological polar surface area (TPSA) is 0 Å². The predicted molar refractivity (Wildman–Crippen MR) is 63.1 cm³/mol. The molecule has 0 amide bonds. The van der Waals surface area contributed by atoms with Gasteiger partial charge in [0.05, 0.1) is 0 Å². The van der Waals surface area contributed by atoms with Gasteiger partial charge in [0.15, 0.2) is 0 Å². The van der Waals surface area contributed by atoms with Crippen LogP contribution < -0.4 is 0 Å². The fourth-order valence-electron chi connectivity index (χ4n) is 2.09. The molecule has 0 bridgehead atoms. The van der Waals surface area contributed by atoms with Gasteiger partial charge in [0.1, 0.15) is 0 Å². The van der Waals surface area contributed by atoms with E-state index in [9.17, 15) is 0 Å². The van der Waals surface area contributed by atoms with E-state index in [-0.39, 0.29) is 0 Å². The quantitative estimate of drug-likeness (QED) is 0.592. The van der Waals surface area contributed by atoms with Gasteiger partial charge in [0, 0.05) is 0 Å². The Morgan fingerprint density at radius 3 is 2.46 bits per heavy atom. The second-order valence-electron chi connectivity index (χ2n) is 5.21. The fraction of sp³-hybridized carbons (Fsp3) is 0.833. The summed E-state index contributed by atoms with van der Waals surface area (Å²) < 4.78 is 0. The highest BCUT2D eigenvalue weighted by Crippen LogP contribution is 2.41. The maximum absolute atomic E-state index is 4.55. The molecule has 1 atom stereocenters. The van der Waals surface area contributed by atoms with E-state index in [0.29, 0.717) is 5.41 Å². The van der Waals surface area contributed by atoms with Crippen LogP contribution in [0.25, 0.3) is 0 Å². The first kappa shape index (κ1) is 11.2. The monoisotopic (exact) mass is 198 g/mol. The Kier molecular flexibility index (Phi) is 3.50. The molecule has 0 radical (unpaired) electrons. The summed E-state index contributed by atoms with van der Waals surface area (Å²) in [6.07, 6.45) is 4.99. The second kappa shape index (κ2) is 4.08. The van der Waals surface area contributed by atoms with Crippen molar-refractivity contribution in [3.05, 3.63) is 10.5 Å². The van der Waals surface area contributed by atoms with E-state index in [1.54, 1.807) is 5.57 Å². The summed E-state index contributed by atoms with van der Waals surface area (Å²) in [7, 11) is 0. The van der Waals surface area contributed by atoms with E-state index in [4.69, 9.17) is 0 Å². The van der Waals surface area contributed by atoms with Crippen molar-refractivity contribution in [3.63, 3.8) is 0 Å². The largest absolute Gasteiger partial charge is 0.148 e. The van der Waals surface area contributed by atoms with Crippen LogP contribution in [-0.2, 0) is 0 Å². The van der Waals surface area contributed by atoms with Crippen LogP contribution in [0.1, 0.15) is 53.4 Å². The van der Waals surface area contributed by atoms with Gasteiger partial charge >= 0.3 is 0 Å². The van der Waals surface area contributed by atoms with Gasteiger partial charge in [0.25, 0.3) is 0 Å². The summed E-state index contributed by atoms with van der Waals surface area (Å²) in [4.78, 5) is 1.36. The fourth-order valence-corrected chi connectivity index (χ4v) is 2.47. The molecule has 1 unspecified atom stereocenters. The molecule has 0 aromatic heterocycles. The molecular formula is C12H22S. The zero-order valence-corrected chi connectivity index (χ0v) is 10.2. The Labute approximate surface area is 88.2 Å². The highest BCUT2D eigenvalue weighted by Gasteiger charge is 2.28. The molecule has 0 aromatic carbocycles. The highest BCUT2D eigenvalue weighted by molar-refractivity contribution is 7.84. The van der Waals surface area contributed by atoms with E-state index >= 15 is 0 Å². The highest BCUT2D eigenvalue weighted by atomic mass is 32.1. The zero-order chi connectivity index (χ0) is 10.1. The van der Waals surface area contributed by atoms with Crippen molar-refractivity contribution in [2.75, 3.05) is 0 Å². The molecule has 1 aliphatic carbocycles. The van der Waals surface area contributed by atoms with Crippen LogP contribution in [0.15, 0.2) is 10.5 Å². The summed E-state index contributed by atoms with van der Waals surface area (Å²) in [5, 5.41) is 0. The Hall–Kier alpha value is 0.0900. The van der Waals surface area contributed by atoms with E-state index in [0.717, 1.165) is 5.92 Å². The lowest BCUT2D eigenvalue weighted by molar-refractivity contribution is 0.216. The lowest BCUT2D eigenvalue weighted by atomic mass is 9.72. The van der Waals surface area contributed by atoms with E-state index in [1.165, 1.54) is 30.6 Å². The van der Waals surface area contributed by atoms with Gasteiger partial charge in [-0.15, -0.1) is 12.6 Å². The van der Waals surface area contributed by atoms with Crippen molar-refractivity contribution in [2.45, 2.75) is 53.4 Å². The van der Waals surface area contributed by atoms with E-state index < -0.39 is 0 Å². The summed E-state index contributed by atoms with van der Waals surface area (Å²) in [6, 6.07) is 0. The van der Waals surface area contributed by atoms with Crippen LogP contribution in [-0.4, -0.2) is 0 Å². The first-order chi connectivity index (χ1) is 5.95. The smallest absolute Gasteiger partial charge is 0.0192 e. The predicted octanol–water partition coefficient (Wildman–Crippen LogP) is 4.43. The van der Waals surface area contributed by atoms with Gasteiger partial charge < -0.3 is 0 Å². The average Bonchev–Trinajstić information content (AvgIpc) is 2.03. The number of hydrogen-bond acceptors (Lipinski definition) is 1. The number of thiol groups is 1. The Morgan fingerprint density at radius 1 is 1.38 bits per heavy atom. The van der Waals surface area contributed by atoms with Crippen molar-refractivity contribution >= 4 is 12.6 Å². The van der Waals surface area contributed by atoms with Gasteiger partial charge in [-0.25, -0.2) is 0 Å². The Bertz CT molecular complexity index is 208. The minimum Gasteiger partial charge on any atom is -0.148 e. The van der Waals surface area contributed by atoms with Crippen LogP contribution in [0.2, 0.25) is 0 Å². The van der Waals surface area contributed by atoms with Crippen LogP contribution >= 0.6 is 12.6 Å². The molecule has 0 fully saturated rings. The van der Waals surface area contributed by atoms with Crippen LogP contribution in [0.3, 0.4) is 0 Å². The molecule has 0 N–H and O–H groups in total. The molecule has 76 valence electrons. The molecule has 1 rings (SSSR count). The van der Waals surface area contributed by atoms with Crippen molar-refractivity contribution < 1.29 is 0 Å². The normalized spacial score (nSPS) is 25.2. The molecule has 0 aromatic rings. The Balaban J connectivity index is 2.70. The third-order valence-electron chi connectivity index (χ3n) is 3.28. The van der Waals surface area contributed by atoms with Gasteiger partial charge in [0.2, 0.25) is 0 Å². The Morgan fingerprint density at radius 2 is 2.00 bits per heavy atom. The lowest BCUT2D eigenvalue weighted by Gasteiger charge is -2.35. The minimum absolute atomic E-state index is 0.467. The first-order valence-corrected chi connectivity index (χ1v) is 5.79. The summed E-state index contributed by atoms with van der Waals surface area (Å²) in [5.41, 5.74) is 2.06. The number of hydrogen-bond donors (Lipinski definition) is 1. The van der Waals surface area contributed by atoms with Gasteiger partial charge in [-0.05, 0) is 41.9 Å². The average molecular weight is 198 g/mol. The minimum atomic E-state index is 0.467. The van der Waals surface area contributed by atoms with Gasteiger partial charge in [-0.2, -0.15) is 0 Å². The molecular weight excluding hydrogens is 176 g/mol. The van der Waals surface area contributed by atoms with Gasteiger partial charge in [-0.1, -0.05) is 33.3 Å². The standard InChI is InChI=1S/C12H22S/c1-5-9-8-10(12(2,3)4)6-7-11(9)13/h10,13H,5-8H2,1-4H3. The first-order valence-electron chi connectivity index (χ1n) is 5.35. The maximum Gasteiger partial charge on any atom is -0.0192 e. The van der Waals surface area contributed by atoms with Crippen LogP contribution in [0.4, 0.5) is 0 Å². The van der Waals surface area contributed by atoms with Crippen LogP contribution in [0.5, 0.6) is 0 Å². The molecule has 0 saturated carbocycles. The molecule has 0 saturated heterocycles. The van der Waals surface area contributed by atoms with Crippen molar-refractivity contribution in [2.24, 2.45) is 11.3 Å². The lowest BCUT2D eigenvalue weighted by Crippen LogP contribution is -2.23. The zero-order valence-electron chi connectivity index (χ0n) is 9.35. The SMILES string of the molecule is CCC1=C(S)CCC(C(C)(C)C)C1. The van der Waals surface area contributed by atoms with Crippen molar-refractivity contribution in [1.29, 1.82) is 0 Å². The van der Waals surface area contributed by atoms with Gasteiger partial charge in [-0.3, -0.25) is 0 Å². The summed E-state index contributed by atoms with van der Waals surface area (Å²) >= 11 is 4.55. The number of allylic oxidation sites excluding steroid dienone is 2. The third kappa shape index (κ3) is 2.77. The maximum atomic E-state index is 4.55. The van der Waals surface area contributed by atoms with E-state index in [1.807, 2.05) is 0 Å². The van der Waals surface area contributed by atoms with Crippen molar-refractivity contribution in [1.82, 2.24) is 0 Å². The van der Waals surface area contributed by atoms with Crippen LogP contribution in [0, 0.1) is 11.3 Å². The number of rotatable bonds is 1. The molecule has 1 heteroatoms. The molecule has 13 heavy (non-hydrogen) atoms.